The molecular formula is C24H33ClN6O6S2. The number of amides is 2. The average molecular weight is 601 g/mol. The molecule has 4 heterocycles. The highest BCUT2D eigenvalue weighted by atomic mass is 35.5. The molecule has 0 radical (unpaired) electrons. The summed E-state index contributed by atoms with van der Waals surface area (Å²) in [6.45, 7) is 2.24. The molecule has 1 aromatic heterocycles. The number of halogens is 1. The zero-order valence-electron chi connectivity index (χ0n) is 22.3. The highest BCUT2D eigenvalue weighted by molar-refractivity contribution is 7.89. The number of carbonyl (C=O) groups excluding carboxylic acids is 2. The SMILES string of the molecule is CC(=O)N1CCC2(CC1)CN1C(=O)CN(S(=O)(=O)c3cc4cc(Cl)ccc4[nH]3)CC1(CN(C)S(C)(=O)=O)N2C. The van der Waals surface area contributed by atoms with Gasteiger partial charge in [-0.2, -0.15) is 4.31 Å². The van der Waals surface area contributed by atoms with E-state index in [0.717, 1.165) is 14.9 Å². The number of sulfonamides is 2. The first-order valence-corrected chi connectivity index (χ1v) is 16.3. The number of nitrogens with zero attached hydrogens (tertiary/aromatic N) is 5. The number of carbonyl (C=O) groups is 2. The van der Waals surface area contributed by atoms with E-state index >= 15 is 0 Å². The van der Waals surface area contributed by atoms with Crippen LogP contribution in [0.5, 0.6) is 0 Å². The molecule has 1 unspecified atom stereocenters. The van der Waals surface area contributed by atoms with Crippen LogP contribution in [0.4, 0.5) is 0 Å². The molecule has 3 aliphatic heterocycles. The maximum Gasteiger partial charge on any atom is 0.259 e. The molecule has 39 heavy (non-hydrogen) atoms. The van der Waals surface area contributed by atoms with Gasteiger partial charge in [-0.25, -0.2) is 21.1 Å². The van der Waals surface area contributed by atoms with Crippen molar-refractivity contribution in [2.45, 2.75) is 36.0 Å². The van der Waals surface area contributed by atoms with Gasteiger partial charge in [-0.3, -0.25) is 14.5 Å². The maximum atomic E-state index is 13.9. The number of likely N-dealkylation sites (N-methyl/N-ethyl adjacent to an activating group) is 2. The number of benzene rings is 1. The van der Waals surface area contributed by atoms with Crippen molar-refractivity contribution < 1.29 is 26.4 Å². The Morgan fingerprint density at radius 3 is 2.41 bits per heavy atom. The van der Waals surface area contributed by atoms with E-state index in [1.165, 1.54) is 20.0 Å². The summed E-state index contributed by atoms with van der Waals surface area (Å²) < 4.78 is 55.1. The number of aromatic amines is 1. The minimum absolute atomic E-state index is 0.0253. The van der Waals surface area contributed by atoms with Crippen LogP contribution in [0.3, 0.4) is 0 Å². The molecule has 2 aromatic rings. The number of H-pyrrole nitrogens is 1. The zero-order chi connectivity index (χ0) is 28.5. The van der Waals surface area contributed by atoms with Gasteiger partial charge in [0, 0.05) is 55.1 Å². The van der Waals surface area contributed by atoms with E-state index in [9.17, 15) is 26.4 Å². The molecule has 0 aliphatic carbocycles. The number of rotatable bonds is 5. The summed E-state index contributed by atoms with van der Waals surface area (Å²) in [5, 5.41) is 1.01. The van der Waals surface area contributed by atoms with Crippen LogP contribution in [-0.4, -0.2) is 128 Å². The van der Waals surface area contributed by atoms with Crippen LogP contribution in [0.25, 0.3) is 10.9 Å². The molecule has 12 nitrogen and oxygen atoms in total. The molecule has 5 rings (SSSR count). The molecule has 0 bridgehead atoms. The van der Waals surface area contributed by atoms with E-state index < -0.39 is 37.2 Å². The van der Waals surface area contributed by atoms with E-state index in [1.54, 1.807) is 28.0 Å². The Morgan fingerprint density at radius 1 is 1.13 bits per heavy atom. The van der Waals surface area contributed by atoms with Crippen LogP contribution in [0.2, 0.25) is 5.02 Å². The number of fused-ring (bicyclic) bond motifs is 2. The van der Waals surface area contributed by atoms with Gasteiger partial charge in [0.05, 0.1) is 25.9 Å². The predicted octanol–water partition coefficient (Wildman–Crippen LogP) is 0.568. The van der Waals surface area contributed by atoms with Gasteiger partial charge in [0.25, 0.3) is 10.0 Å². The third-order valence-electron chi connectivity index (χ3n) is 8.69. The first kappa shape index (κ1) is 28.3. The Kier molecular flexibility index (Phi) is 6.83. The van der Waals surface area contributed by atoms with E-state index in [0.29, 0.717) is 48.4 Å². The molecular weight excluding hydrogens is 568 g/mol. The summed E-state index contributed by atoms with van der Waals surface area (Å²) >= 11 is 6.08. The minimum Gasteiger partial charge on any atom is -0.345 e. The van der Waals surface area contributed by atoms with Gasteiger partial charge in [-0.05, 0) is 44.2 Å². The number of nitrogens with one attached hydrogen (secondary N) is 1. The lowest BCUT2D eigenvalue weighted by Gasteiger charge is -2.51. The van der Waals surface area contributed by atoms with Crippen LogP contribution in [-0.2, 0) is 29.6 Å². The molecule has 1 N–H and O–H groups in total. The van der Waals surface area contributed by atoms with Crippen LogP contribution in [0.15, 0.2) is 29.3 Å². The lowest BCUT2D eigenvalue weighted by Crippen LogP contribution is -2.71. The normalized spacial score (nSPS) is 24.7. The van der Waals surface area contributed by atoms with Gasteiger partial charge < -0.3 is 14.8 Å². The summed E-state index contributed by atoms with van der Waals surface area (Å²) in [6.07, 6.45) is 2.23. The summed E-state index contributed by atoms with van der Waals surface area (Å²) in [6, 6.07) is 6.48. The molecule has 15 heteroatoms. The van der Waals surface area contributed by atoms with Crippen molar-refractivity contribution in [2.24, 2.45) is 0 Å². The summed E-state index contributed by atoms with van der Waals surface area (Å²) in [7, 11) is -4.55. The third-order valence-corrected chi connectivity index (χ3v) is 11.9. The van der Waals surface area contributed by atoms with Gasteiger partial charge in [-0.15, -0.1) is 0 Å². The summed E-state index contributed by atoms with van der Waals surface area (Å²) in [4.78, 5) is 34.0. The highest BCUT2D eigenvalue weighted by Crippen LogP contribution is 2.45. The fourth-order valence-electron chi connectivity index (χ4n) is 6.23. The third kappa shape index (κ3) is 4.64. The molecule has 3 aliphatic rings. The van der Waals surface area contributed by atoms with Crippen molar-refractivity contribution in [2.75, 3.05) is 59.6 Å². The van der Waals surface area contributed by atoms with E-state index in [2.05, 4.69) is 4.98 Å². The van der Waals surface area contributed by atoms with Crippen molar-refractivity contribution >= 4 is 54.4 Å². The number of piperidine rings is 1. The fraction of sp³-hybridized carbons (Fsp3) is 0.583. The van der Waals surface area contributed by atoms with Crippen molar-refractivity contribution in [1.82, 2.24) is 28.3 Å². The van der Waals surface area contributed by atoms with Crippen LogP contribution < -0.4 is 0 Å². The average Bonchev–Trinajstić information content (AvgIpc) is 3.38. The Hall–Kier alpha value is -2.23. The molecule has 3 saturated heterocycles. The topological polar surface area (TPSA) is 134 Å². The number of likely N-dealkylation sites (tertiary alicyclic amines) is 1. The number of hydrogen-bond acceptors (Lipinski definition) is 7. The maximum absolute atomic E-state index is 13.9. The quantitative estimate of drug-likeness (QED) is 0.530. The van der Waals surface area contributed by atoms with Crippen LogP contribution in [0.1, 0.15) is 19.8 Å². The lowest BCUT2D eigenvalue weighted by atomic mass is 9.86. The zero-order valence-corrected chi connectivity index (χ0v) is 24.7. The Balaban J connectivity index is 1.55. The Labute approximate surface area is 233 Å². The predicted molar refractivity (Wildman–Crippen MR) is 146 cm³/mol. The minimum atomic E-state index is -4.16. The number of aromatic nitrogens is 1. The smallest absolute Gasteiger partial charge is 0.259 e. The molecule has 3 fully saturated rings. The molecule has 1 spiro atoms. The van der Waals surface area contributed by atoms with E-state index in [1.807, 2.05) is 11.9 Å². The molecule has 0 saturated carbocycles. The van der Waals surface area contributed by atoms with Gasteiger partial charge in [0.1, 0.15) is 10.7 Å². The number of hydrogen-bond donors (Lipinski definition) is 1. The van der Waals surface area contributed by atoms with Crippen molar-refractivity contribution in [1.29, 1.82) is 0 Å². The first-order valence-electron chi connectivity index (χ1n) is 12.6. The first-order chi connectivity index (χ1) is 18.1. The Morgan fingerprint density at radius 2 is 1.79 bits per heavy atom. The molecule has 1 aromatic carbocycles. The van der Waals surface area contributed by atoms with Gasteiger partial charge in [0.2, 0.25) is 21.8 Å². The van der Waals surface area contributed by atoms with Crippen molar-refractivity contribution in [3.63, 3.8) is 0 Å². The van der Waals surface area contributed by atoms with Gasteiger partial charge in [-0.1, -0.05) is 11.6 Å². The largest absolute Gasteiger partial charge is 0.345 e. The van der Waals surface area contributed by atoms with Crippen LogP contribution >= 0.6 is 11.6 Å². The van der Waals surface area contributed by atoms with Gasteiger partial charge >= 0.3 is 0 Å². The fourth-order valence-corrected chi connectivity index (χ4v) is 8.30. The second-order valence-corrected chi connectivity index (χ2v) is 15.3. The van der Waals surface area contributed by atoms with Crippen LogP contribution in [0, 0.1) is 0 Å². The summed E-state index contributed by atoms with van der Waals surface area (Å²) in [5.74, 6) is -0.425. The van der Waals surface area contributed by atoms with E-state index in [4.69, 9.17) is 11.6 Å². The highest BCUT2D eigenvalue weighted by Gasteiger charge is 2.63. The van der Waals surface area contributed by atoms with Crippen molar-refractivity contribution in [3.05, 3.63) is 29.3 Å². The standard InChI is InChI=1S/C24H33ClN6O6S2/c1-17(32)29-9-7-23(8-10-29)14-31-22(33)13-30(16-24(31,28(23)3)15-27(2)38(4,34)35)39(36,37)21-12-18-11-19(25)5-6-20(18)26-21/h5-6,11-12,26H,7-10,13-16H2,1-4H3. The lowest BCUT2D eigenvalue weighted by molar-refractivity contribution is -0.147. The molecule has 214 valence electrons. The van der Waals surface area contributed by atoms with Crippen molar-refractivity contribution in [3.8, 4) is 0 Å². The second kappa shape index (κ2) is 9.42. The second-order valence-electron chi connectivity index (χ2n) is 10.9. The van der Waals surface area contributed by atoms with Gasteiger partial charge in [0.15, 0.2) is 0 Å². The molecule has 2 amide bonds. The molecule has 1 atom stereocenters. The number of piperazine rings is 1. The summed E-state index contributed by atoms with van der Waals surface area (Å²) in [5.41, 5.74) is -1.19. The monoisotopic (exact) mass is 600 g/mol. The Bertz CT molecular complexity index is 1550. The van der Waals surface area contributed by atoms with E-state index in [-0.39, 0.29) is 30.6 Å².